The molecule has 0 N–H and O–H groups in total. The largest absolute Gasteiger partial charge is 0.297 e. The van der Waals surface area contributed by atoms with Crippen LogP contribution in [0.4, 0.5) is 8.78 Å². The Morgan fingerprint density at radius 3 is 3.00 bits per heavy atom. The molecule has 1 nitrogen and oxygen atoms in total. The molecule has 1 aliphatic rings. The number of hydrogen-bond donors (Lipinski definition) is 0. The lowest BCUT2D eigenvalue weighted by Gasteiger charge is -2.09. The highest BCUT2D eigenvalue weighted by Crippen LogP contribution is 2.24. The third-order valence-corrected chi connectivity index (χ3v) is 1.35. The molecular weight excluding hydrogens is 124 g/mol. The molecule has 0 fully saturated rings. The van der Waals surface area contributed by atoms with Crippen molar-refractivity contribution >= 4 is 6.21 Å². The summed E-state index contributed by atoms with van der Waals surface area (Å²) in [7, 11) is 0. The smallest absolute Gasteiger partial charge is 0.253 e. The molecule has 0 aromatic rings. The first-order valence-electron chi connectivity index (χ1n) is 3.07. The minimum atomic E-state index is -2.49. The first-order chi connectivity index (χ1) is 4.21. The van der Waals surface area contributed by atoms with Gasteiger partial charge in [-0.15, -0.1) is 0 Å². The van der Waals surface area contributed by atoms with Crippen LogP contribution in [-0.4, -0.2) is 18.7 Å². The van der Waals surface area contributed by atoms with E-state index in [0.29, 0.717) is 13.0 Å². The molecule has 3 heteroatoms. The second-order valence-electron chi connectivity index (χ2n) is 2.25. The highest BCUT2D eigenvalue weighted by Gasteiger charge is 2.27. The zero-order chi connectivity index (χ0) is 6.74. The fourth-order valence-electron chi connectivity index (χ4n) is 0.820. The molecular formula is C6H9F2N. The number of halogens is 2. The maximum atomic E-state index is 12.4. The molecule has 0 aliphatic carbocycles. The number of hydrogen-bond acceptors (Lipinski definition) is 1. The standard InChI is InChI=1S/C6H9F2N/c7-6(8)2-1-4-9-5-3-6/h5H,1-4H2. The van der Waals surface area contributed by atoms with Crippen molar-refractivity contribution in [3.63, 3.8) is 0 Å². The number of aliphatic imine (C=N–C) groups is 1. The van der Waals surface area contributed by atoms with E-state index in [9.17, 15) is 8.78 Å². The van der Waals surface area contributed by atoms with Crippen LogP contribution in [0.2, 0.25) is 0 Å². The molecule has 0 saturated carbocycles. The zero-order valence-electron chi connectivity index (χ0n) is 5.11. The van der Waals surface area contributed by atoms with Gasteiger partial charge in [0.05, 0.1) is 0 Å². The van der Waals surface area contributed by atoms with Crippen molar-refractivity contribution in [2.75, 3.05) is 6.54 Å². The Balaban J connectivity index is 2.48. The molecule has 0 saturated heterocycles. The first-order valence-corrected chi connectivity index (χ1v) is 3.07. The maximum absolute atomic E-state index is 12.4. The summed E-state index contributed by atoms with van der Waals surface area (Å²) >= 11 is 0. The molecule has 0 radical (unpaired) electrons. The molecule has 0 aromatic carbocycles. The third kappa shape index (κ3) is 2.08. The van der Waals surface area contributed by atoms with Crippen LogP contribution in [0.15, 0.2) is 4.99 Å². The quantitative estimate of drug-likeness (QED) is 0.478. The summed E-state index contributed by atoms with van der Waals surface area (Å²) in [4.78, 5) is 3.76. The molecule has 0 bridgehead atoms. The van der Waals surface area contributed by atoms with E-state index in [1.54, 1.807) is 0 Å². The number of nitrogens with zero attached hydrogens (tertiary/aromatic N) is 1. The molecule has 1 heterocycles. The van der Waals surface area contributed by atoms with E-state index in [0.717, 1.165) is 0 Å². The lowest BCUT2D eigenvalue weighted by atomic mass is 10.1. The highest BCUT2D eigenvalue weighted by molar-refractivity contribution is 5.58. The van der Waals surface area contributed by atoms with E-state index in [4.69, 9.17) is 0 Å². The average molecular weight is 133 g/mol. The Morgan fingerprint density at radius 1 is 1.44 bits per heavy atom. The predicted molar refractivity (Wildman–Crippen MR) is 32.2 cm³/mol. The van der Waals surface area contributed by atoms with Crippen molar-refractivity contribution in [1.82, 2.24) is 0 Å². The zero-order valence-corrected chi connectivity index (χ0v) is 5.11. The minimum Gasteiger partial charge on any atom is -0.297 e. The van der Waals surface area contributed by atoms with Gasteiger partial charge in [-0.1, -0.05) is 0 Å². The number of alkyl halides is 2. The van der Waals surface area contributed by atoms with E-state index in [2.05, 4.69) is 4.99 Å². The molecule has 0 unspecified atom stereocenters. The van der Waals surface area contributed by atoms with Crippen LogP contribution >= 0.6 is 0 Å². The van der Waals surface area contributed by atoms with Crippen molar-refractivity contribution in [2.24, 2.45) is 4.99 Å². The molecule has 0 aromatic heterocycles. The molecule has 1 rings (SSSR count). The van der Waals surface area contributed by atoms with Gasteiger partial charge in [-0.3, -0.25) is 4.99 Å². The van der Waals surface area contributed by atoms with Crippen LogP contribution in [0, 0.1) is 0 Å². The second-order valence-corrected chi connectivity index (χ2v) is 2.25. The Kier molecular flexibility index (Phi) is 1.78. The van der Waals surface area contributed by atoms with Gasteiger partial charge in [0.2, 0.25) is 0 Å². The van der Waals surface area contributed by atoms with Gasteiger partial charge in [0, 0.05) is 25.6 Å². The van der Waals surface area contributed by atoms with Crippen LogP contribution in [0.25, 0.3) is 0 Å². The van der Waals surface area contributed by atoms with Crippen molar-refractivity contribution < 1.29 is 8.78 Å². The van der Waals surface area contributed by atoms with Crippen molar-refractivity contribution in [2.45, 2.75) is 25.2 Å². The molecule has 0 atom stereocenters. The summed E-state index contributed by atoms with van der Waals surface area (Å²) in [6.07, 6.45) is 1.66. The van der Waals surface area contributed by atoms with Gasteiger partial charge in [-0.2, -0.15) is 0 Å². The maximum Gasteiger partial charge on any atom is 0.253 e. The molecule has 9 heavy (non-hydrogen) atoms. The lowest BCUT2D eigenvalue weighted by Crippen LogP contribution is -2.14. The third-order valence-electron chi connectivity index (χ3n) is 1.35. The summed E-state index contributed by atoms with van der Waals surface area (Å²) < 4.78 is 24.7. The van der Waals surface area contributed by atoms with Crippen LogP contribution in [0.5, 0.6) is 0 Å². The SMILES string of the molecule is FC1(F)CC=NCCC1. The van der Waals surface area contributed by atoms with Gasteiger partial charge in [0.25, 0.3) is 5.92 Å². The summed E-state index contributed by atoms with van der Waals surface area (Å²) in [5, 5.41) is 0. The van der Waals surface area contributed by atoms with Gasteiger partial charge >= 0.3 is 0 Å². The Morgan fingerprint density at radius 2 is 2.22 bits per heavy atom. The van der Waals surface area contributed by atoms with E-state index in [1.807, 2.05) is 0 Å². The summed E-state index contributed by atoms with van der Waals surface area (Å²) in [5.41, 5.74) is 0. The normalized spacial score (nSPS) is 25.6. The van der Waals surface area contributed by atoms with Crippen molar-refractivity contribution in [3.8, 4) is 0 Å². The number of rotatable bonds is 0. The molecule has 0 spiro atoms. The second kappa shape index (κ2) is 2.42. The Hall–Kier alpha value is -0.470. The van der Waals surface area contributed by atoms with Crippen molar-refractivity contribution in [1.29, 1.82) is 0 Å². The van der Waals surface area contributed by atoms with E-state index < -0.39 is 5.92 Å². The first kappa shape index (κ1) is 6.65. The van der Waals surface area contributed by atoms with Gasteiger partial charge in [0.1, 0.15) is 0 Å². The summed E-state index contributed by atoms with van der Waals surface area (Å²) in [6.45, 7) is 0.565. The lowest BCUT2D eigenvalue weighted by molar-refractivity contribution is 0.00165. The van der Waals surface area contributed by atoms with Gasteiger partial charge < -0.3 is 0 Å². The van der Waals surface area contributed by atoms with Crippen LogP contribution in [0.1, 0.15) is 19.3 Å². The Labute approximate surface area is 52.8 Å². The highest BCUT2D eigenvalue weighted by atomic mass is 19.3. The average Bonchev–Trinajstić information content (AvgIpc) is 1.92. The topological polar surface area (TPSA) is 12.4 Å². The summed E-state index contributed by atoms with van der Waals surface area (Å²) in [5.74, 6) is -2.49. The van der Waals surface area contributed by atoms with Gasteiger partial charge in [0.15, 0.2) is 0 Å². The molecule has 52 valence electrons. The summed E-state index contributed by atoms with van der Waals surface area (Å²) in [6, 6.07) is 0. The fraction of sp³-hybridized carbons (Fsp3) is 0.833. The van der Waals surface area contributed by atoms with Crippen LogP contribution in [0.3, 0.4) is 0 Å². The fourth-order valence-corrected chi connectivity index (χ4v) is 0.820. The van der Waals surface area contributed by atoms with Crippen molar-refractivity contribution in [3.05, 3.63) is 0 Å². The van der Waals surface area contributed by atoms with Crippen LogP contribution in [-0.2, 0) is 0 Å². The van der Waals surface area contributed by atoms with Crippen LogP contribution < -0.4 is 0 Å². The predicted octanol–water partition coefficient (Wildman–Crippen LogP) is 1.88. The van der Waals surface area contributed by atoms with Gasteiger partial charge in [-0.05, 0) is 6.42 Å². The molecule has 1 aliphatic heterocycles. The van der Waals surface area contributed by atoms with Gasteiger partial charge in [-0.25, -0.2) is 8.78 Å². The monoisotopic (exact) mass is 133 g/mol. The van der Waals surface area contributed by atoms with E-state index in [1.165, 1.54) is 6.21 Å². The van der Waals surface area contributed by atoms with E-state index >= 15 is 0 Å². The van der Waals surface area contributed by atoms with E-state index in [-0.39, 0.29) is 12.8 Å². The molecule has 0 amide bonds. The minimum absolute atomic E-state index is 0.00694. The Bertz CT molecular complexity index is 120.